The van der Waals surface area contributed by atoms with E-state index in [9.17, 15) is 9.90 Å². The summed E-state index contributed by atoms with van der Waals surface area (Å²) in [4.78, 5) is 15.9. The number of hydrogen-bond donors (Lipinski definition) is 1. The van der Waals surface area contributed by atoms with E-state index in [2.05, 4.69) is 17.0 Å². The molecular formula is C26H23Cl4NO2. The van der Waals surface area contributed by atoms with Crippen molar-refractivity contribution in [2.24, 2.45) is 5.92 Å². The third-order valence-corrected chi connectivity index (χ3v) is 7.39. The Balaban J connectivity index is 1.66. The number of hydrogen-bond acceptors (Lipinski definition) is 3. The smallest absolute Gasteiger partial charge is 0.171 e. The Hall–Kier alpha value is -1.59. The van der Waals surface area contributed by atoms with Gasteiger partial charge in [-0.1, -0.05) is 82.8 Å². The molecule has 7 heteroatoms. The quantitative estimate of drug-likeness (QED) is 0.356. The number of aliphatic hydroxyl groups is 1. The molecule has 1 N–H and O–H groups in total. The summed E-state index contributed by atoms with van der Waals surface area (Å²) in [5, 5.41) is 13.4. The lowest BCUT2D eigenvalue weighted by atomic mass is 9.72. The van der Waals surface area contributed by atoms with Gasteiger partial charge in [-0.3, -0.25) is 4.79 Å². The maximum Gasteiger partial charge on any atom is 0.171 e. The van der Waals surface area contributed by atoms with Crippen LogP contribution in [0.3, 0.4) is 0 Å². The predicted molar refractivity (Wildman–Crippen MR) is 136 cm³/mol. The first-order chi connectivity index (χ1) is 15.8. The molecule has 1 saturated heterocycles. The highest BCUT2D eigenvalue weighted by atomic mass is 35.5. The molecule has 0 aliphatic carbocycles. The first kappa shape index (κ1) is 24.5. The van der Waals surface area contributed by atoms with Crippen LogP contribution in [0.5, 0.6) is 0 Å². The van der Waals surface area contributed by atoms with Gasteiger partial charge in [0.05, 0.1) is 10.9 Å². The van der Waals surface area contributed by atoms with Crippen LogP contribution in [0.25, 0.3) is 0 Å². The van der Waals surface area contributed by atoms with E-state index in [-0.39, 0.29) is 10.8 Å². The van der Waals surface area contributed by atoms with Gasteiger partial charge in [-0.05, 0) is 48.7 Å². The molecule has 3 aromatic rings. The van der Waals surface area contributed by atoms with Gasteiger partial charge >= 0.3 is 0 Å². The summed E-state index contributed by atoms with van der Waals surface area (Å²) >= 11 is 25.0. The number of nitrogens with zero attached hydrogens (tertiary/aromatic N) is 1. The Morgan fingerprint density at radius 3 is 2.27 bits per heavy atom. The molecule has 0 spiro atoms. The summed E-state index contributed by atoms with van der Waals surface area (Å²) in [6.07, 6.45) is 1.20. The molecule has 33 heavy (non-hydrogen) atoms. The first-order valence-corrected chi connectivity index (χ1v) is 12.2. The first-order valence-electron chi connectivity index (χ1n) is 10.7. The van der Waals surface area contributed by atoms with Crippen LogP contribution in [0.2, 0.25) is 20.1 Å². The topological polar surface area (TPSA) is 40.5 Å². The fraction of sp³-hybridized carbons (Fsp3) is 0.269. The van der Waals surface area contributed by atoms with E-state index in [1.165, 1.54) is 5.56 Å². The number of rotatable bonds is 6. The summed E-state index contributed by atoms with van der Waals surface area (Å²) in [6, 6.07) is 20.0. The van der Waals surface area contributed by atoms with E-state index in [1.54, 1.807) is 36.4 Å². The highest BCUT2D eigenvalue weighted by molar-refractivity contribution is 6.37. The van der Waals surface area contributed by atoms with Gasteiger partial charge in [0.25, 0.3) is 0 Å². The second-order valence-corrected chi connectivity index (χ2v) is 10.1. The average molecular weight is 523 g/mol. The van der Waals surface area contributed by atoms with Crippen molar-refractivity contribution in [3.8, 4) is 0 Å². The van der Waals surface area contributed by atoms with E-state index in [0.717, 1.165) is 13.0 Å². The summed E-state index contributed by atoms with van der Waals surface area (Å²) < 4.78 is 0. The molecular weight excluding hydrogens is 500 g/mol. The molecule has 0 amide bonds. The van der Waals surface area contributed by atoms with E-state index >= 15 is 0 Å². The van der Waals surface area contributed by atoms with Crippen molar-refractivity contribution in [2.45, 2.75) is 18.4 Å². The number of halogens is 4. The number of piperidine rings is 1. The third-order valence-electron chi connectivity index (χ3n) is 6.30. The van der Waals surface area contributed by atoms with Crippen LogP contribution < -0.4 is 0 Å². The van der Waals surface area contributed by atoms with E-state index < -0.39 is 11.5 Å². The van der Waals surface area contributed by atoms with Gasteiger partial charge in [-0.25, -0.2) is 0 Å². The Bertz CT molecular complexity index is 1150. The van der Waals surface area contributed by atoms with Crippen LogP contribution >= 0.6 is 46.4 Å². The SMILES string of the molecule is O=C(c1ccc(Cl)cc1Cl)C1CN(CCc2ccccc2)CCC1(O)c1ccc(Cl)cc1Cl. The van der Waals surface area contributed by atoms with Gasteiger partial charge in [0, 0.05) is 45.8 Å². The summed E-state index contributed by atoms with van der Waals surface area (Å²) in [5.74, 6) is -1.01. The number of Topliss-reactive ketones (excluding diaryl/α,β-unsaturated/α-hetero) is 1. The highest BCUT2D eigenvalue weighted by Crippen LogP contribution is 2.43. The summed E-state index contributed by atoms with van der Waals surface area (Å²) in [7, 11) is 0. The van der Waals surface area contributed by atoms with Crippen molar-refractivity contribution in [1.82, 2.24) is 4.90 Å². The highest BCUT2D eigenvalue weighted by Gasteiger charge is 2.48. The molecule has 0 bridgehead atoms. The molecule has 1 heterocycles. The zero-order chi connectivity index (χ0) is 23.6. The maximum atomic E-state index is 13.7. The third kappa shape index (κ3) is 5.40. The Kier molecular flexibility index (Phi) is 7.69. The van der Waals surface area contributed by atoms with E-state index in [0.29, 0.717) is 45.7 Å². The van der Waals surface area contributed by atoms with Gasteiger partial charge in [0.2, 0.25) is 0 Å². The minimum Gasteiger partial charge on any atom is -0.384 e. The summed E-state index contributed by atoms with van der Waals surface area (Å²) in [5.41, 5.74) is 0.604. The van der Waals surface area contributed by atoms with Gasteiger partial charge in [-0.15, -0.1) is 0 Å². The van der Waals surface area contributed by atoms with E-state index in [1.807, 2.05) is 18.2 Å². The van der Waals surface area contributed by atoms with Crippen molar-refractivity contribution in [2.75, 3.05) is 19.6 Å². The van der Waals surface area contributed by atoms with Crippen LogP contribution in [0.1, 0.15) is 27.9 Å². The summed E-state index contributed by atoms with van der Waals surface area (Å²) in [6.45, 7) is 1.77. The lowest BCUT2D eigenvalue weighted by molar-refractivity contribution is -0.0638. The zero-order valence-corrected chi connectivity index (χ0v) is 20.8. The van der Waals surface area contributed by atoms with E-state index in [4.69, 9.17) is 46.4 Å². The fourth-order valence-corrected chi connectivity index (χ4v) is 5.55. The van der Waals surface area contributed by atoms with Gasteiger partial charge < -0.3 is 10.0 Å². The van der Waals surface area contributed by atoms with Crippen molar-refractivity contribution in [1.29, 1.82) is 0 Å². The van der Waals surface area contributed by atoms with Gasteiger partial charge in [0.15, 0.2) is 5.78 Å². The monoisotopic (exact) mass is 521 g/mol. The average Bonchev–Trinajstić information content (AvgIpc) is 2.78. The fourth-order valence-electron chi connectivity index (χ4n) is 4.48. The Morgan fingerprint density at radius 2 is 1.61 bits per heavy atom. The van der Waals surface area contributed by atoms with Gasteiger partial charge in [0.1, 0.15) is 5.60 Å². The molecule has 3 aromatic carbocycles. The molecule has 3 nitrogen and oxygen atoms in total. The molecule has 0 saturated carbocycles. The van der Waals surface area contributed by atoms with Crippen LogP contribution in [-0.2, 0) is 12.0 Å². The molecule has 1 fully saturated rings. The van der Waals surface area contributed by atoms with Crippen molar-refractivity contribution in [3.05, 3.63) is 104 Å². The molecule has 0 aromatic heterocycles. The lowest BCUT2D eigenvalue weighted by Crippen LogP contribution is -2.53. The number of likely N-dealkylation sites (tertiary alicyclic amines) is 1. The molecule has 1 aliphatic heterocycles. The minimum absolute atomic E-state index is 0.241. The standard InChI is InChI=1S/C26H23Cl4NO2/c27-18-6-8-20(23(29)14-18)25(32)22-16-31(12-10-17-4-2-1-3-5-17)13-11-26(22,33)21-9-7-19(28)15-24(21)30/h1-9,14-15,22,33H,10-13,16H2. The molecule has 2 atom stereocenters. The number of ketones is 1. The molecule has 1 aliphatic rings. The lowest BCUT2D eigenvalue weighted by Gasteiger charge is -2.44. The minimum atomic E-state index is -1.45. The zero-order valence-electron chi connectivity index (χ0n) is 17.8. The normalized spacial score (nSPS) is 21.2. The van der Waals surface area contributed by atoms with Crippen molar-refractivity contribution in [3.63, 3.8) is 0 Å². The molecule has 4 rings (SSSR count). The predicted octanol–water partition coefficient (Wildman–Crippen LogP) is 6.94. The largest absolute Gasteiger partial charge is 0.384 e. The Morgan fingerprint density at radius 1 is 0.939 bits per heavy atom. The number of carbonyl (C=O) groups excluding carboxylic acids is 1. The number of carbonyl (C=O) groups is 1. The Labute approximate surface area is 213 Å². The molecule has 172 valence electrons. The molecule has 2 unspecified atom stereocenters. The van der Waals surface area contributed by atoms with Crippen molar-refractivity contribution < 1.29 is 9.90 Å². The second kappa shape index (κ2) is 10.4. The van der Waals surface area contributed by atoms with Crippen LogP contribution in [0.4, 0.5) is 0 Å². The second-order valence-electron chi connectivity index (χ2n) is 8.38. The van der Waals surface area contributed by atoms with Crippen molar-refractivity contribution >= 4 is 52.2 Å². The molecule has 0 radical (unpaired) electrons. The maximum absolute atomic E-state index is 13.7. The van der Waals surface area contributed by atoms with Crippen LogP contribution in [0.15, 0.2) is 66.7 Å². The van der Waals surface area contributed by atoms with Crippen LogP contribution in [-0.4, -0.2) is 35.4 Å². The van der Waals surface area contributed by atoms with Gasteiger partial charge in [-0.2, -0.15) is 0 Å². The number of benzene rings is 3. The van der Waals surface area contributed by atoms with Crippen LogP contribution in [0, 0.1) is 5.92 Å².